The van der Waals surface area contributed by atoms with Crippen LogP contribution in [0, 0.1) is 0 Å². The van der Waals surface area contributed by atoms with Gasteiger partial charge < -0.3 is 9.47 Å². The fourth-order valence-corrected chi connectivity index (χ4v) is 4.36. The number of nitrogens with zero attached hydrogens (tertiary/aromatic N) is 6. The zero-order valence-electron chi connectivity index (χ0n) is 16.2. The first-order valence-corrected chi connectivity index (χ1v) is 11.5. The number of hydrogen-bond acceptors (Lipinski definition) is 9. The summed E-state index contributed by atoms with van der Waals surface area (Å²) in [6.07, 6.45) is 4.43. The maximum absolute atomic E-state index is 12.7. The first kappa shape index (κ1) is 21.7. The summed E-state index contributed by atoms with van der Waals surface area (Å²) in [7, 11) is -2.25. The summed E-state index contributed by atoms with van der Waals surface area (Å²) in [6, 6.07) is 1.27. The summed E-state index contributed by atoms with van der Waals surface area (Å²) in [5, 5.41) is 8.77. The van der Waals surface area contributed by atoms with E-state index in [1.807, 2.05) is 0 Å². The van der Waals surface area contributed by atoms with Gasteiger partial charge in [-0.25, -0.2) is 23.4 Å². The number of methoxy groups -OCH3 is 1. The van der Waals surface area contributed by atoms with Gasteiger partial charge in [0.2, 0.25) is 16.0 Å². The van der Waals surface area contributed by atoms with Gasteiger partial charge in [0.15, 0.2) is 16.7 Å². The second-order valence-electron chi connectivity index (χ2n) is 6.60. The van der Waals surface area contributed by atoms with Crippen molar-refractivity contribution in [3.05, 3.63) is 40.7 Å². The number of ether oxygens (including phenoxy) is 2. The van der Waals surface area contributed by atoms with Gasteiger partial charge in [0.25, 0.3) is 0 Å². The highest BCUT2D eigenvalue weighted by Gasteiger charge is 2.30. The summed E-state index contributed by atoms with van der Waals surface area (Å²) in [6.45, 7) is 0.391. The molecule has 4 rings (SSSR count). The minimum Gasteiger partial charge on any atom is -0.487 e. The standard InChI is InChI=1S/C17H17Cl2N7O4S/c1-29-8-11-9-30-14-12(2-4-20-15(14)19)16-23-24-17(26(11)16)25-31(27,28)5-3-13-21-6-10(18)7-22-13/h2,4,6-7,11H,3,5,8-9H2,1H3,(H,24,25)/t11-/m0/s1. The van der Waals surface area contributed by atoms with Gasteiger partial charge in [-0.15, -0.1) is 10.2 Å². The summed E-state index contributed by atoms with van der Waals surface area (Å²) < 4.78 is 40.6. The number of aromatic nitrogens is 6. The maximum atomic E-state index is 12.7. The van der Waals surface area contributed by atoms with E-state index in [0.717, 1.165) is 0 Å². The van der Waals surface area contributed by atoms with E-state index in [1.165, 1.54) is 25.7 Å². The molecule has 0 saturated heterocycles. The first-order chi connectivity index (χ1) is 14.9. The number of fused-ring (bicyclic) bond motifs is 3. The summed E-state index contributed by atoms with van der Waals surface area (Å²) in [5.74, 6) is 0.882. The molecule has 0 spiro atoms. The monoisotopic (exact) mass is 485 g/mol. The normalized spacial score (nSPS) is 15.5. The lowest BCUT2D eigenvalue weighted by Crippen LogP contribution is -2.26. The van der Waals surface area contributed by atoms with E-state index in [0.29, 0.717) is 28.0 Å². The van der Waals surface area contributed by atoms with Crippen LogP contribution in [0.2, 0.25) is 10.2 Å². The Bertz CT molecular complexity index is 1190. The predicted molar refractivity (Wildman–Crippen MR) is 113 cm³/mol. The molecule has 0 aromatic carbocycles. The number of aryl methyl sites for hydroxylation is 1. The third-order valence-electron chi connectivity index (χ3n) is 4.46. The van der Waals surface area contributed by atoms with Crippen molar-refractivity contribution in [1.82, 2.24) is 29.7 Å². The van der Waals surface area contributed by atoms with Crippen molar-refractivity contribution < 1.29 is 17.9 Å². The average molecular weight is 486 g/mol. The van der Waals surface area contributed by atoms with Gasteiger partial charge in [-0.3, -0.25) is 9.29 Å². The van der Waals surface area contributed by atoms with Crippen molar-refractivity contribution in [3.63, 3.8) is 0 Å². The third-order valence-corrected chi connectivity index (χ3v) is 6.16. The molecule has 0 bridgehead atoms. The second kappa shape index (κ2) is 8.91. The van der Waals surface area contributed by atoms with E-state index < -0.39 is 16.1 Å². The van der Waals surface area contributed by atoms with Gasteiger partial charge in [0.1, 0.15) is 12.4 Å². The van der Waals surface area contributed by atoms with Crippen LogP contribution in [0.1, 0.15) is 11.9 Å². The molecule has 3 aromatic heterocycles. The lowest BCUT2D eigenvalue weighted by Gasteiger charge is -2.19. The first-order valence-electron chi connectivity index (χ1n) is 9.06. The minimum atomic E-state index is -3.79. The highest BCUT2D eigenvalue weighted by molar-refractivity contribution is 7.92. The van der Waals surface area contributed by atoms with Crippen LogP contribution in [0.15, 0.2) is 24.7 Å². The number of sulfonamides is 1. The summed E-state index contributed by atoms with van der Waals surface area (Å²) >= 11 is 11.9. The van der Waals surface area contributed by atoms with Crippen LogP contribution >= 0.6 is 23.2 Å². The molecule has 11 nitrogen and oxygen atoms in total. The summed E-state index contributed by atoms with van der Waals surface area (Å²) in [5.41, 5.74) is 0.547. The third kappa shape index (κ3) is 4.71. The van der Waals surface area contributed by atoms with Crippen LogP contribution in [-0.2, 0) is 21.2 Å². The molecule has 0 radical (unpaired) electrons. The molecule has 14 heteroatoms. The SMILES string of the molecule is COC[C@H]1COc2c(ccnc2Cl)-c2nnc(NS(=O)(=O)CCc3ncc(Cl)cn3)n21. The lowest BCUT2D eigenvalue weighted by molar-refractivity contribution is 0.126. The molecule has 0 saturated carbocycles. The van der Waals surface area contributed by atoms with Crippen molar-refractivity contribution in [2.45, 2.75) is 12.5 Å². The fraction of sp³-hybridized carbons (Fsp3) is 0.353. The van der Waals surface area contributed by atoms with Crippen LogP contribution in [0.5, 0.6) is 5.75 Å². The van der Waals surface area contributed by atoms with Crippen molar-refractivity contribution in [2.75, 3.05) is 30.8 Å². The largest absolute Gasteiger partial charge is 0.487 e. The van der Waals surface area contributed by atoms with Crippen molar-refractivity contribution in [1.29, 1.82) is 0 Å². The molecule has 0 fully saturated rings. The molecule has 1 aliphatic heterocycles. The molecule has 3 aromatic rings. The Morgan fingerprint density at radius 1 is 1.26 bits per heavy atom. The number of halogens is 2. The fourth-order valence-electron chi connectivity index (χ4n) is 3.08. The highest BCUT2D eigenvalue weighted by atomic mass is 35.5. The number of pyridine rings is 1. The Kier molecular flexibility index (Phi) is 6.23. The van der Waals surface area contributed by atoms with Crippen molar-refractivity contribution in [3.8, 4) is 17.1 Å². The predicted octanol–water partition coefficient (Wildman–Crippen LogP) is 2.00. The lowest BCUT2D eigenvalue weighted by atomic mass is 10.2. The zero-order valence-corrected chi connectivity index (χ0v) is 18.5. The number of hydrogen-bond donors (Lipinski definition) is 1. The van der Waals surface area contributed by atoms with E-state index in [9.17, 15) is 8.42 Å². The Hall–Kier alpha value is -2.54. The molecule has 1 atom stereocenters. The Labute approximate surface area is 187 Å². The highest BCUT2D eigenvalue weighted by Crippen LogP contribution is 2.39. The van der Waals surface area contributed by atoms with Gasteiger partial charge in [-0.2, -0.15) is 0 Å². The molecule has 0 amide bonds. The topological polar surface area (TPSA) is 134 Å². The van der Waals surface area contributed by atoms with Gasteiger partial charge in [0, 0.05) is 32.1 Å². The maximum Gasteiger partial charge on any atom is 0.239 e. The molecule has 0 unspecified atom stereocenters. The average Bonchev–Trinajstić information content (AvgIpc) is 3.06. The second-order valence-corrected chi connectivity index (χ2v) is 9.24. The van der Waals surface area contributed by atoms with E-state index >= 15 is 0 Å². The van der Waals surface area contributed by atoms with Crippen molar-refractivity contribution >= 4 is 39.2 Å². The van der Waals surface area contributed by atoms with Gasteiger partial charge in [0.05, 0.1) is 29.0 Å². The number of rotatable bonds is 7. The molecular formula is C17H17Cl2N7O4S. The van der Waals surface area contributed by atoms with Gasteiger partial charge in [-0.05, 0) is 6.07 Å². The molecule has 4 heterocycles. The molecule has 1 aliphatic rings. The van der Waals surface area contributed by atoms with E-state index in [2.05, 4.69) is 29.9 Å². The molecule has 0 aliphatic carbocycles. The summed E-state index contributed by atoms with van der Waals surface area (Å²) in [4.78, 5) is 12.0. The Morgan fingerprint density at radius 2 is 2.03 bits per heavy atom. The number of nitrogens with one attached hydrogen (secondary N) is 1. The van der Waals surface area contributed by atoms with Crippen LogP contribution in [0.3, 0.4) is 0 Å². The van der Waals surface area contributed by atoms with Crippen LogP contribution in [0.25, 0.3) is 11.4 Å². The van der Waals surface area contributed by atoms with Crippen LogP contribution in [-0.4, -0.2) is 64.2 Å². The van der Waals surface area contributed by atoms with E-state index in [-0.39, 0.29) is 36.5 Å². The minimum absolute atomic E-state index is 0.0402. The van der Waals surface area contributed by atoms with Gasteiger partial charge >= 0.3 is 0 Å². The Morgan fingerprint density at radius 3 is 2.77 bits per heavy atom. The van der Waals surface area contributed by atoms with Crippen LogP contribution in [0.4, 0.5) is 5.95 Å². The quantitative estimate of drug-likeness (QED) is 0.498. The molecular weight excluding hydrogens is 469 g/mol. The van der Waals surface area contributed by atoms with E-state index in [4.69, 9.17) is 32.7 Å². The van der Waals surface area contributed by atoms with Gasteiger partial charge in [-0.1, -0.05) is 23.2 Å². The zero-order chi connectivity index (χ0) is 22.0. The number of anilines is 1. The molecule has 164 valence electrons. The molecule has 31 heavy (non-hydrogen) atoms. The van der Waals surface area contributed by atoms with Crippen molar-refractivity contribution in [2.24, 2.45) is 0 Å². The smallest absolute Gasteiger partial charge is 0.239 e. The van der Waals surface area contributed by atoms with Crippen LogP contribution < -0.4 is 9.46 Å². The Balaban J connectivity index is 1.63. The van der Waals surface area contributed by atoms with E-state index in [1.54, 1.807) is 10.6 Å². The molecule has 1 N–H and O–H groups in total.